The maximum Gasteiger partial charge on any atom is 0.253 e. The van der Waals surface area contributed by atoms with Crippen LogP contribution >= 0.6 is 0 Å². The van der Waals surface area contributed by atoms with Crippen molar-refractivity contribution in [2.75, 3.05) is 37.5 Å². The number of carbonyl (C=O) groups is 2. The van der Waals surface area contributed by atoms with Crippen LogP contribution in [-0.2, 0) is 24.7 Å². The van der Waals surface area contributed by atoms with Crippen LogP contribution in [0.2, 0.25) is 0 Å². The Morgan fingerprint density at radius 3 is 1.88 bits per heavy atom. The minimum atomic E-state index is -3.78. The highest BCUT2D eigenvalue weighted by atomic mass is 32.2. The van der Waals surface area contributed by atoms with Crippen LogP contribution in [0.25, 0.3) is 0 Å². The molecule has 2 aromatic rings. The number of nitrogens with zero attached hydrogens (tertiary/aromatic N) is 2. The van der Waals surface area contributed by atoms with Gasteiger partial charge in [0.1, 0.15) is 6.54 Å². The Labute approximate surface area is 195 Å². The summed E-state index contributed by atoms with van der Waals surface area (Å²) in [6.45, 7) is 1.40. The molecule has 1 unspecified atom stereocenters. The normalized spacial score (nSPS) is 12.6. The molecule has 2 amide bonds. The van der Waals surface area contributed by atoms with Crippen molar-refractivity contribution >= 4 is 37.4 Å². The fourth-order valence-corrected chi connectivity index (χ4v) is 4.65. The molecule has 0 aliphatic rings. The number of sulfone groups is 1. The third kappa shape index (κ3) is 7.03. The molecule has 2 aromatic carbocycles. The molecular formula is C22H29N3O6S2. The topological polar surface area (TPSA) is 121 Å². The Hall–Kier alpha value is -2.92. The van der Waals surface area contributed by atoms with Crippen molar-refractivity contribution in [3.8, 4) is 0 Å². The number of carbonyl (C=O) groups excluding carboxylic acids is 2. The second-order valence-electron chi connectivity index (χ2n) is 7.89. The van der Waals surface area contributed by atoms with E-state index in [0.29, 0.717) is 17.5 Å². The number of sulfonamides is 1. The van der Waals surface area contributed by atoms with E-state index >= 15 is 0 Å². The van der Waals surface area contributed by atoms with Gasteiger partial charge in [-0.05, 0) is 48.4 Å². The van der Waals surface area contributed by atoms with Gasteiger partial charge in [0.05, 0.1) is 22.9 Å². The second-order valence-corrected chi connectivity index (χ2v) is 11.8. The van der Waals surface area contributed by atoms with Crippen molar-refractivity contribution in [1.29, 1.82) is 0 Å². The van der Waals surface area contributed by atoms with Crippen LogP contribution in [0.15, 0.2) is 53.4 Å². The summed E-state index contributed by atoms with van der Waals surface area (Å²) in [6, 6.07) is 11.7. The first-order valence-electron chi connectivity index (χ1n) is 10.1. The van der Waals surface area contributed by atoms with Gasteiger partial charge in [-0.1, -0.05) is 19.1 Å². The standard InChI is InChI=1S/C22H29N3O6S2/c1-6-20(16-9-13-19(14-10-16)32(4,28)29)23-21(26)15-25(33(5,30)31)18-11-7-17(8-12-18)22(27)24(2)3/h7-14,20H,6,15H2,1-5H3,(H,23,26). The van der Waals surface area contributed by atoms with Crippen LogP contribution < -0.4 is 9.62 Å². The zero-order valence-corrected chi connectivity index (χ0v) is 20.9. The predicted molar refractivity (Wildman–Crippen MR) is 127 cm³/mol. The van der Waals surface area contributed by atoms with Crippen molar-refractivity contribution in [3.05, 3.63) is 59.7 Å². The van der Waals surface area contributed by atoms with Gasteiger partial charge in [0.2, 0.25) is 15.9 Å². The van der Waals surface area contributed by atoms with Crippen LogP contribution in [-0.4, -0.2) is 66.7 Å². The van der Waals surface area contributed by atoms with E-state index in [9.17, 15) is 26.4 Å². The molecule has 1 atom stereocenters. The van der Waals surface area contributed by atoms with Gasteiger partial charge in [-0.3, -0.25) is 13.9 Å². The van der Waals surface area contributed by atoms with Gasteiger partial charge < -0.3 is 10.2 Å². The molecule has 0 heterocycles. The molecule has 1 N–H and O–H groups in total. The van der Waals surface area contributed by atoms with E-state index in [-0.39, 0.29) is 16.5 Å². The lowest BCUT2D eigenvalue weighted by Gasteiger charge is -2.24. The Kier molecular flexibility index (Phi) is 8.25. The first-order chi connectivity index (χ1) is 15.2. The van der Waals surface area contributed by atoms with Gasteiger partial charge in [-0.15, -0.1) is 0 Å². The van der Waals surface area contributed by atoms with Gasteiger partial charge >= 0.3 is 0 Å². The number of anilines is 1. The van der Waals surface area contributed by atoms with Crippen LogP contribution in [0, 0.1) is 0 Å². The number of nitrogens with one attached hydrogen (secondary N) is 1. The van der Waals surface area contributed by atoms with Gasteiger partial charge in [0.25, 0.3) is 5.91 Å². The fraction of sp³-hybridized carbons (Fsp3) is 0.364. The Morgan fingerprint density at radius 1 is 0.909 bits per heavy atom. The smallest absolute Gasteiger partial charge is 0.253 e. The number of hydrogen-bond acceptors (Lipinski definition) is 6. The van der Waals surface area contributed by atoms with E-state index < -0.39 is 38.4 Å². The molecular weight excluding hydrogens is 466 g/mol. The molecule has 0 fully saturated rings. The highest BCUT2D eigenvalue weighted by molar-refractivity contribution is 7.92. The molecule has 33 heavy (non-hydrogen) atoms. The lowest BCUT2D eigenvalue weighted by atomic mass is 10.0. The molecule has 180 valence electrons. The quantitative estimate of drug-likeness (QED) is 0.567. The molecule has 0 saturated carbocycles. The molecule has 9 nitrogen and oxygen atoms in total. The summed E-state index contributed by atoms with van der Waals surface area (Å²) in [5.74, 6) is -0.745. The largest absolute Gasteiger partial charge is 0.348 e. The molecule has 0 spiro atoms. The first-order valence-corrected chi connectivity index (χ1v) is 13.9. The van der Waals surface area contributed by atoms with Crippen molar-refractivity contribution in [3.63, 3.8) is 0 Å². The molecule has 11 heteroatoms. The number of rotatable bonds is 9. The van der Waals surface area contributed by atoms with Gasteiger partial charge in [0.15, 0.2) is 9.84 Å². The molecule has 0 saturated heterocycles. The molecule has 0 aliphatic carbocycles. The predicted octanol–water partition coefficient (Wildman–Crippen LogP) is 1.83. The fourth-order valence-electron chi connectivity index (χ4n) is 3.17. The monoisotopic (exact) mass is 495 g/mol. The maximum atomic E-state index is 12.7. The van der Waals surface area contributed by atoms with E-state index in [1.54, 1.807) is 26.2 Å². The van der Waals surface area contributed by atoms with Crippen LogP contribution in [0.4, 0.5) is 5.69 Å². The van der Waals surface area contributed by atoms with Gasteiger partial charge in [-0.2, -0.15) is 0 Å². The first kappa shape index (κ1) is 26.3. The van der Waals surface area contributed by atoms with Crippen molar-refractivity contribution in [1.82, 2.24) is 10.2 Å². The average Bonchev–Trinajstić information content (AvgIpc) is 2.74. The van der Waals surface area contributed by atoms with E-state index in [2.05, 4.69) is 5.32 Å². The molecule has 0 bridgehead atoms. The summed E-state index contributed by atoms with van der Waals surface area (Å²) in [5.41, 5.74) is 1.36. The minimum Gasteiger partial charge on any atom is -0.348 e. The van der Waals surface area contributed by atoms with Crippen LogP contribution in [0.1, 0.15) is 35.3 Å². The highest BCUT2D eigenvalue weighted by Crippen LogP contribution is 2.21. The summed E-state index contributed by atoms with van der Waals surface area (Å²) in [5, 5.41) is 2.80. The number of benzene rings is 2. The molecule has 0 radical (unpaired) electrons. The summed E-state index contributed by atoms with van der Waals surface area (Å²) in [7, 11) is -3.89. The van der Waals surface area contributed by atoms with E-state index in [0.717, 1.165) is 16.8 Å². The summed E-state index contributed by atoms with van der Waals surface area (Å²) in [6.07, 6.45) is 2.63. The van der Waals surface area contributed by atoms with Crippen molar-refractivity contribution < 1.29 is 26.4 Å². The molecule has 0 aromatic heterocycles. The third-order valence-corrected chi connectivity index (χ3v) is 7.22. The Morgan fingerprint density at radius 2 is 1.45 bits per heavy atom. The summed E-state index contributed by atoms with van der Waals surface area (Å²) in [4.78, 5) is 26.4. The van der Waals surface area contributed by atoms with E-state index in [4.69, 9.17) is 0 Å². The maximum absolute atomic E-state index is 12.7. The van der Waals surface area contributed by atoms with Crippen LogP contribution in [0.3, 0.4) is 0 Å². The number of hydrogen-bond donors (Lipinski definition) is 1. The van der Waals surface area contributed by atoms with Crippen molar-refractivity contribution in [2.24, 2.45) is 0 Å². The summed E-state index contributed by atoms with van der Waals surface area (Å²) >= 11 is 0. The lowest BCUT2D eigenvalue weighted by Crippen LogP contribution is -2.41. The third-order valence-electron chi connectivity index (χ3n) is 4.95. The zero-order chi connectivity index (χ0) is 25.0. The van der Waals surface area contributed by atoms with Gasteiger partial charge in [0, 0.05) is 25.9 Å². The van der Waals surface area contributed by atoms with E-state index in [1.807, 2.05) is 6.92 Å². The van der Waals surface area contributed by atoms with Gasteiger partial charge in [-0.25, -0.2) is 16.8 Å². The Bertz CT molecular complexity index is 1210. The average molecular weight is 496 g/mol. The summed E-state index contributed by atoms with van der Waals surface area (Å²) < 4.78 is 49.0. The second kappa shape index (κ2) is 10.3. The number of amides is 2. The molecule has 2 rings (SSSR count). The highest BCUT2D eigenvalue weighted by Gasteiger charge is 2.23. The minimum absolute atomic E-state index is 0.173. The Balaban J connectivity index is 2.20. The van der Waals surface area contributed by atoms with Crippen molar-refractivity contribution in [2.45, 2.75) is 24.3 Å². The molecule has 0 aliphatic heterocycles. The lowest BCUT2D eigenvalue weighted by molar-refractivity contribution is -0.120. The van der Waals surface area contributed by atoms with Crippen LogP contribution in [0.5, 0.6) is 0 Å². The zero-order valence-electron chi connectivity index (χ0n) is 19.3. The van der Waals surface area contributed by atoms with E-state index in [1.165, 1.54) is 41.3 Å². The SMILES string of the molecule is CCC(NC(=O)CN(c1ccc(C(=O)N(C)C)cc1)S(C)(=O)=O)c1ccc(S(C)(=O)=O)cc1.